The molecule has 0 fully saturated rings. The molecule has 0 spiro atoms. The monoisotopic (exact) mass is 353 g/mol. The smallest absolute Gasteiger partial charge is 0.228 e. The van der Waals surface area contributed by atoms with E-state index in [1.165, 1.54) is 23.3 Å². The summed E-state index contributed by atoms with van der Waals surface area (Å²) in [7, 11) is 0. The van der Waals surface area contributed by atoms with Crippen molar-refractivity contribution < 1.29 is 14.0 Å². The van der Waals surface area contributed by atoms with E-state index in [0.29, 0.717) is 17.8 Å². The molecule has 2 heterocycles. The summed E-state index contributed by atoms with van der Waals surface area (Å²) in [5.74, 6) is -1.52. The Morgan fingerprint density at radius 3 is 2.92 bits per heavy atom. The van der Waals surface area contributed by atoms with Crippen molar-refractivity contribution in [1.29, 1.82) is 0 Å². The Morgan fingerprint density at radius 1 is 1.19 bits per heavy atom. The van der Waals surface area contributed by atoms with E-state index in [-0.39, 0.29) is 24.3 Å². The second-order valence-electron chi connectivity index (χ2n) is 6.74. The average Bonchev–Trinajstić information content (AvgIpc) is 2.65. The number of rotatable bonds is 3. The summed E-state index contributed by atoms with van der Waals surface area (Å²) in [6.45, 7) is 1.32. The first kappa shape index (κ1) is 16.7. The van der Waals surface area contributed by atoms with Gasteiger partial charge in [-0.3, -0.25) is 9.59 Å². The number of nitrogens with one attached hydrogen (secondary N) is 3. The standard InChI is InChI=1S/C20H20FN3O2/c21-13-5-6-15-16(10-19(25)24-17(15)9-13)20(26)23-11-18-14-4-2-1-3-12(14)7-8-22-18/h1-6,9,16,18,22H,7-8,10-11H2,(H,23,26)(H,24,25). The van der Waals surface area contributed by atoms with Crippen LogP contribution >= 0.6 is 0 Å². The van der Waals surface area contributed by atoms with Gasteiger partial charge in [-0.2, -0.15) is 0 Å². The number of carbonyl (C=O) groups excluding carboxylic acids is 2. The Labute approximate surface area is 151 Å². The van der Waals surface area contributed by atoms with Crippen molar-refractivity contribution in [2.24, 2.45) is 0 Å². The number of anilines is 1. The lowest BCUT2D eigenvalue weighted by Gasteiger charge is -2.29. The Bertz CT molecular complexity index is 868. The van der Waals surface area contributed by atoms with Gasteiger partial charge in [0, 0.05) is 24.7 Å². The van der Waals surface area contributed by atoms with Crippen molar-refractivity contribution in [2.75, 3.05) is 18.4 Å². The molecule has 0 saturated heterocycles. The molecule has 4 rings (SSSR count). The molecule has 26 heavy (non-hydrogen) atoms. The van der Waals surface area contributed by atoms with Crippen LogP contribution in [0.4, 0.5) is 10.1 Å². The quantitative estimate of drug-likeness (QED) is 0.793. The van der Waals surface area contributed by atoms with E-state index in [1.807, 2.05) is 12.1 Å². The molecule has 0 saturated carbocycles. The molecule has 2 aromatic rings. The van der Waals surface area contributed by atoms with Crippen LogP contribution < -0.4 is 16.0 Å². The van der Waals surface area contributed by atoms with Gasteiger partial charge in [0.15, 0.2) is 0 Å². The van der Waals surface area contributed by atoms with Gasteiger partial charge in [-0.25, -0.2) is 4.39 Å². The zero-order valence-electron chi connectivity index (χ0n) is 14.2. The van der Waals surface area contributed by atoms with E-state index in [0.717, 1.165) is 13.0 Å². The maximum absolute atomic E-state index is 13.4. The minimum Gasteiger partial charge on any atom is -0.354 e. The molecule has 5 nitrogen and oxygen atoms in total. The lowest BCUT2D eigenvalue weighted by atomic mass is 9.89. The van der Waals surface area contributed by atoms with E-state index in [9.17, 15) is 14.0 Å². The highest BCUT2D eigenvalue weighted by Gasteiger charge is 2.31. The van der Waals surface area contributed by atoms with E-state index in [4.69, 9.17) is 0 Å². The first-order valence-corrected chi connectivity index (χ1v) is 8.80. The highest BCUT2D eigenvalue weighted by molar-refractivity contribution is 6.01. The van der Waals surface area contributed by atoms with Crippen molar-refractivity contribution >= 4 is 17.5 Å². The maximum Gasteiger partial charge on any atom is 0.228 e. The van der Waals surface area contributed by atoms with Crippen LogP contribution in [0.25, 0.3) is 0 Å². The van der Waals surface area contributed by atoms with E-state index < -0.39 is 11.7 Å². The lowest BCUT2D eigenvalue weighted by Crippen LogP contribution is -2.41. The fourth-order valence-electron chi connectivity index (χ4n) is 3.77. The third-order valence-electron chi connectivity index (χ3n) is 5.07. The lowest BCUT2D eigenvalue weighted by molar-refractivity contribution is -0.126. The molecule has 2 unspecified atom stereocenters. The molecule has 3 N–H and O–H groups in total. The number of benzene rings is 2. The highest BCUT2D eigenvalue weighted by atomic mass is 19.1. The molecule has 2 amide bonds. The summed E-state index contributed by atoms with van der Waals surface area (Å²) in [6.07, 6.45) is 1.04. The van der Waals surface area contributed by atoms with E-state index in [2.05, 4.69) is 28.1 Å². The summed E-state index contributed by atoms with van der Waals surface area (Å²) in [6, 6.07) is 12.4. The van der Waals surface area contributed by atoms with Crippen LogP contribution in [0.15, 0.2) is 42.5 Å². The van der Waals surface area contributed by atoms with Crippen LogP contribution in [0.5, 0.6) is 0 Å². The minimum atomic E-state index is -0.599. The molecule has 2 aliphatic rings. The van der Waals surface area contributed by atoms with Crippen molar-refractivity contribution in [1.82, 2.24) is 10.6 Å². The average molecular weight is 353 g/mol. The molecular formula is C20H20FN3O2. The third kappa shape index (κ3) is 3.20. The Morgan fingerprint density at radius 2 is 2.04 bits per heavy atom. The summed E-state index contributed by atoms with van der Waals surface area (Å²) >= 11 is 0. The highest BCUT2D eigenvalue weighted by Crippen LogP contribution is 2.33. The zero-order chi connectivity index (χ0) is 18.1. The SMILES string of the molecule is O=C1CC(C(=O)NCC2NCCc3ccccc32)c2ccc(F)cc2N1. The van der Waals surface area contributed by atoms with Crippen molar-refractivity contribution in [3.05, 3.63) is 65.0 Å². The van der Waals surface area contributed by atoms with Crippen LogP contribution in [0.1, 0.15) is 35.1 Å². The topological polar surface area (TPSA) is 70.2 Å². The first-order valence-electron chi connectivity index (χ1n) is 8.80. The van der Waals surface area contributed by atoms with Crippen LogP contribution in [-0.4, -0.2) is 24.9 Å². The zero-order valence-corrected chi connectivity index (χ0v) is 14.2. The van der Waals surface area contributed by atoms with Gasteiger partial charge in [-0.15, -0.1) is 0 Å². The molecule has 6 heteroatoms. The molecule has 0 radical (unpaired) electrons. The Kier molecular flexibility index (Phi) is 4.42. The van der Waals surface area contributed by atoms with Crippen LogP contribution in [0.2, 0.25) is 0 Å². The predicted octanol–water partition coefficient (Wildman–Crippen LogP) is 2.25. The number of fused-ring (bicyclic) bond motifs is 2. The fourth-order valence-corrected chi connectivity index (χ4v) is 3.77. The Balaban J connectivity index is 1.49. The second kappa shape index (κ2) is 6.88. The summed E-state index contributed by atoms with van der Waals surface area (Å²) < 4.78 is 13.4. The number of hydrogen-bond donors (Lipinski definition) is 3. The molecule has 2 atom stereocenters. The number of hydrogen-bond acceptors (Lipinski definition) is 3. The van der Waals surface area contributed by atoms with Crippen LogP contribution in [-0.2, 0) is 16.0 Å². The molecule has 2 aliphatic heterocycles. The van der Waals surface area contributed by atoms with Crippen LogP contribution in [0, 0.1) is 5.82 Å². The Hall–Kier alpha value is -2.73. The van der Waals surface area contributed by atoms with Gasteiger partial charge in [0.25, 0.3) is 0 Å². The van der Waals surface area contributed by atoms with Gasteiger partial charge in [0.05, 0.1) is 5.92 Å². The molecule has 0 aromatic heterocycles. The number of carbonyl (C=O) groups is 2. The molecule has 2 aromatic carbocycles. The molecule has 134 valence electrons. The van der Waals surface area contributed by atoms with Gasteiger partial charge in [0.1, 0.15) is 5.82 Å². The minimum absolute atomic E-state index is 0.0500. The first-order chi connectivity index (χ1) is 12.6. The third-order valence-corrected chi connectivity index (χ3v) is 5.07. The largest absolute Gasteiger partial charge is 0.354 e. The molecule has 0 aliphatic carbocycles. The van der Waals surface area contributed by atoms with Gasteiger partial charge in [-0.05, 0) is 41.8 Å². The van der Waals surface area contributed by atoms with Crippen LogP contribution in [0.3, 0.4) is 0 Å². The number of halogens is 1. The molecular weight excluding hydrogens is 333 g/mol. The van der Waals surface area contributed by atoms with Gasteiger partial charge < -0.3 is 16.0 Å². The normalized spacial score (nSPS) is 21.3. The summed E-state index contributed by atoms with van der Waals surface area (Å²) in [5, 5.41) is 9.02. The van der Waals surface area contributed by atoms with Gasteiger partial charge in [-0.1, -0.05) is 30.3 Å². The predicted molar refractivity (Wildman–Crippen MR) is 96.3 cm³/mol. The van der Waals surface area contributed by atoms with E-state index >= 15 is 0 Å². The van der Waals surface area contributed by atoms with Crippen molar-refractivity contribution in [2.45, 2.75) is 24.8 Å². The molecule has 0 bridgehead atoms. The number of amides is 2. The van der Waals surface area contributed by atoms with Crippen molar-refractivity contribution in [3.63, 3.8) is 0 Å². The summed E-state index contributed by atoms with van der Waals surface area (Å²) in [4.78, 5) is 24.6. The fraction of sp³-hybridized carbons (Fsp3) is 0.300. The van der Waals surface area contributed by atoms with E-state index in [1.54, 1.807) is 6.07 Å². The van der Waals surface area contributed by atoms with Gasteiger partial charge >= 0.3 is 0 Å². The summed E-state index contributed by atoms with van der Waals surface area (Å²) in [5.41, 5.74) is 3.52. The van der Waals surface area contributed by atoms with Crippen molar-refractivity contribution in [3.8, 4) is 0 Å². The second-order valence-corrected chi connectivity index (χ2v) is 6.74. The van der Waals surface area contributed by atoms with Gasteiger partial charge in [0.2, 0.25) is 11.8 Å². The maximum atomic E-state index is 13.4.